The molecule has 3 aromatic rings. The maximum Gasteiger partial charge on any atom is 0.180 e. The summed E-state index contributed by atoms with van der Waals surface area (Å²) < 4.78 is 7.31. The molecule has 3 rings (SSSR count). The van der Waals surface area contributed by atoms with Gasteiger partial charge in [-0.15, -0.1) is 0 Å². The molecule has 0 saturated carbocycles. The van der Waals surface area contributed by atoms with E-state index in [0.29, 0.717) is 5.82 Å². The van der Waals surface area contributed by atoms with Gasteiger partial charge in [-0.3, -0.25) is 0 Å². The van der Waals surface area contributed by atoms with Gasteiger partial charge in [-0.1, -0.05) is 6.07 Å². The lowest BCUT2D eigenvalue weighted by molar-refractivity contribution is 0.416. The predicted octanol–water partition coefficient (Wildman–Crippen LogP) is 2.83. The Morgan fingerprint density at radius 2 is 2.14 bits per heavy atom. The summed E-state index contributed by atoms with van der Waals surface area (Å²) in [5, 5.41) is 6.35. The molecule has 2 aromatic heterocycles. The summed E-state index contributed by atoms with van der Waals surface area (Å²) in [6.07, 6.45) is 5.52. The van der Waals surface area contributed by atoms with Gasteiger partial charge in [0.05, 0.1) is 19.0 Å². The molecule has 0 amide bonds. The third kappa shape index (κ3) is 2.47. The highest BCUT2D eigenvalue weighted by molar-refractivity contribution is 5.74. The molecule has 0 atom stereocenters. The van der Waals surface area contributed by atoms with Crippen LogP contribution in [0.15, 0.2) is 36.8 Å². The molecule has 1 aromatic carbocycles. The Balaban J connectivity index is 2.09. The summed E-state index contributed by atoms with van der Waals surface area (Å²) in [5.74, 6) is 2.20. The van der Waals surface area contributed by atoms with Crippen molar-refractivity contribution in [2.45, 2.75) is 6.92 Å². The van der Waals surface area contributed by atoms with E-state index in [-0.39, 0.29) is 0 Å². The lowest BCUT2D eigenvalue weighted by Gasteiger charge is -2.13. The fourth-order valence-corrected chi connectivity index (χ4v) is 2.18. The molecular weight excluding hydrogens is 266 g/mol. The highest BCUT2D eigenvalue weighted by Gasteiger charge is 2.10. The molecule has 2 N–H and O–H groups in total. The monoisotopic (exact) mass is 283 g/mol. The Hall–Kier alpha value is -2.76. The second-order valence-corrected chi connectivity index (χ2v) is 4.71. The van der Waals surface area contributed by atoms with Gasteiger partial charge in [-0.05, 0) is 24.6 Å². The number of rotatable bonds is 4. The summed E-state index contributed by atoms with van der Waals surface area (Å²) in [5.41, 5.74) is 2.77. The van der Waals surface area contributed by atoms with Crippen LogP contribution in [0.3, 0.4) is 0 Å². The average Bonchev–Trinajstić information content (AvgIpc) is 2.96. The SMILES string of the molecule is CNc1cn2ccnc2c(Nc2cc(C)ccc2OC)n1. The second-order valence-electron chi connectivity index (χ2n) is 4.71. The average molecular weight is 283 g/mol. The first-order valence-electron chi connectivity index (χ1n) is 6.64. The van der Waals surface area contributed by atoms with Gasteiger partial charge < -0.3 is 19.8 Å². The van der Waals surface area contributed by atoms with E-state index in [2.05, 4.69) is 20.6 Å². The maximum absolute atomic E-state index is 5.39. The summed E-state index contributed by atoms with van der Waals surface area (Å²) >= 11 is 0. The van der Waals surface area contributed by atoms with Crippen LogP contribution in [0.5, 0.6) is 5.75 Å². The van der Waals surface area contributed by atoms with Crippen molar-refractivity contribution in [1.29, 1.82) is 0 Å². The number of ether oxygens (including phenoxy) is 1. The molecule has 6 heteroatoms. The zero-order valence-electron chi connectivity index (χ0n) is 12.2. The van der Waals surface area contributed by atoms with Gasteiger partial charge in [0, 0.05) is 19.4 Å². The van der Waals surface area contributed by atoms with Crippen LogP contribution in [0.2, 0.25) is 0 Å². The van der Waals surface area contributed by atoms with E-state index >= 15 is 0 Å². The van der Waals surface area contributed by atoms with Crippen LogP contribution in [-0.4, -0.2) is 28.5 Å². The van der Waals surface area contributed by atoms with E-state index in [4.69, 9.17) is 4.74 Å². The Bertz CT molecular complexity index is 781. The molecular formula is C15H17N5O. The summed E-state index contributed by atoms with van der Waals surface area (Å²) in [4.78, 5) is 8.87. The van der Waals surface area contributed by atoms with Crippen LogP contribution in [-0.2, 0) is 0 Å². The zero-order chi connectivity index (χ0) is 14.8. The number of nitrogens with one attached hydrogen (secondary N) is 2. The van der Waals surface area contributed by atoms with E-state index in [1.165, 1.54) is 0 Å². The standard InChI is InChI=1S/C15H17N5O/c1-10-4-5-12(21-3)11(8-10)18-14-15-17-6-7-20(15)9-13(16-2)19-14/h4-9,16H,1-3H3,(H,18,19). The highest BCUT2D eigenvalue weighted by Crippen LogP contribution is 2.29. The van der Waals surface area contributed by atoms with Crippen molar-refractivity contribution in [1.82, 2.24) is 14.4 Å². The van der Waals surface area contributed by atoms with Gasteiger partial charge >= 0.3 is 0 Å². The van der Waals surface area contributed by atoms with Gasteiger partial charge in [-0.25, -0.2) is 9.97 Å². The van der Waals surface area contributed by atoms with Crippen molar-refractivity contribution in [2.75, 3.05) is 24.8 Å². The van der Waals surface area contributed by atoms with Crippen LogP contribution >= 0.6 is 0 Å². The van der Waals surface area contributed by atoms with Crippen molar-refractivity contribution in [3.63, 3.8) is 0 Å². The van der Waals surface area contributed by atoms with Gasteiger partial charge in [0.25, 0.3) is 0 Å². The molecule has 108 valence electrons. The largest absolute Gasteiger partial charge is 0.495 e. The quantitative estimate of drug-likeness (QED) is 0.771. The smallest absolute Gasteiger partial charge is 0.180 e. The Kier molecular flexibility index (Phi) is 3.35. The number of methoxy groups -OCH3 is 1. The van der Waals surface area contributed by atoms with Crippen LogP contribution in [0.1, 0.15) is 5.56 Å². The maximum atomic E-state index is 5.39. The minimum absolute atomic E-state index is 0.677. The van der Waals surface area contributed by atoms with Gasteiger partial charge in [0.15, 0.2) is 11.5 Å². The number of fused-ring (bicyclic) bond motifs is 1. The number of aryl methyl sites for hydroxylation is 1. The minimum atomic E-state index is 0.677. The Morgan fingerprint density at radius 3 is 2.90 bits per heavy atom. The van der Waals surface area contributed by atoms with Crippen molar-refractivity contribution in [2.24, 2.45) is 0 Å². The third-order valence-electron chi connectivity index (χ3n) is 3.24. The first-order valence-corrected chi connectivity index (χ1v) is 6.64. The molecule has 0 bridgehead atoms. The van der Waals surface area contributed by atoms with E-state index in [1.807, 2.05) is 49.0 Å². The van der Waals surface area contributed by atoms with E-state index < -0.39 is 0 Å². The number of benzene rings is 1. The van der Waals surface area contributed by atoms with Crippen LogP contribution in [0.25, 0.3) is 5.65 Å². The number of hydrogen-bond acceptors (Lipinski definition) is 5. The second kappa shape index (κ2) is 5.32. The van der Waals surface area contributed by atoms with Gasteiger partial charge in [-0.2, -0.15) is 0 Å². The molecule has 0 saturated heterocycles. The topological polar surface area (TPSA) is 63.5 Å². The number of hydrogen-bond donors (Lipinski definition) is 2. The molecule has 0 unspecified atom stereocenters. The van der Waals surface area contributed by atoms with Crippen LogP contribution in [0.4, 0.5) is 17.3 Å². The van der Waals surface area contributed by atoms with Crippen LogP contribution in [0, 0.1) is 6.92 Å². The summed E-state index contributed by atoms with van der Waals surface area (Å²) in [7, 11) is 3.49. The zero-order valence-corrected chi connectivity index (χ0v) is 12.2. The van der Waals surface area contributed by atoms with Crippen molar-refractivity contribution < 1.29 is 4.74 Å². The van der Waals surface area contributed by atoms with E-state index in [9.17, 15) is 0 Å². The summed E-state index contributed by atoms with van der Waals surface area (Å²) in [6, 6.07) is 5.96. The van der Waals surface area contributed by atoms with Crippen molar-refractivity contribution in [3.05, 3.63) is 42.4 Å². The number of imidazole rings is 1. The Labute approximate surface area is 122 Å². The van der Waals surface area contributed by atoms with Gasteiger partial charge in [0.1, 0.15) is 11.6 Å². The lowest BCUT2D eigenvalue weighted by atomic mass is 10.2. The van der Waals surface area contributed by atoms with Crippen molar-refractivity contribution in [3.8, 4) is 5.75 Å². The predicted molar refractivity (Wildman–Crippen MR) is 83.5 cm³/mol. The number of nitrogens with zero attached hydrogens (tertiary/aromatic N) is 3. The Morgan fingerprint density at radius 1 is 1.29 bits per heavy atom. The molecule has 0 fully saturated rings. The normalized spacial score (nSPS) is 10.6. The van der Waals surface area contributed by atoms with E-state index in [1.54, 1.807) is 13.3 Å². The molecule has 2 heterocycles. The van der Waals surface area contributed by atoms with Crippen molar-refractivity contribution >= 4 is 23.0 Å². The first kappa shape index (κ1) is 13.2. The molecule has 0 aliphatic heterocycles. The van der Waals surface area contributed by atoms with Gasteiger partial charge in [0.2, 0.25) is 0 Å². The van der Waals surface area contributed by atoms with Crippen LogP contribution < -0.4 is 15.4 Å². The molecule has 0 radical (unpaired) electrons. The van der Waals surface area contributed by atoms with E-state index in [0.717, 1.165) is 28.5 Å². The molecule has 0 spiro atoms. The molecule has 21 heavy (non-hydrogen) atoms. The third-order valence-corrected chi connectivity index (χ3v) is 3.24. The summed E-state index contributed by atoms with van der Waals surface area (Å²) in [6.45, 7) is 2.03. The fraction of sp³-hybridized carbons (Fsp3) is 0.200. The molecule has 0 aliphatic rings. The highest BCUT2D eigenvalue weighted by atomic mass is 16.5. The number of aromatic nitrogens is 3. The number of anilines is 3. The molecule has 6 nitrogen and oxygen atoms in total. The lowest BCUT2D eigenvalue weighted by Crippen LogP contribution is -2.03. The first-order chi connectivity index (χ1) is 10.2. The fourth-order valence-electron chi connectivity index (χ4n) is 2.18. The molecule has 0 aliphatic carbocycles. The minimum Gasteiger partial charge on any atom is -0.495 e.